The Morgan fingerprint density at radius 3 is 2.59 bits per heavy atom. The lowest BCUT2D eigenvalue weighted by molar-refractivity contribution is 0.286. The third-order valence-corrected chi connectivity index (χ3v) is 5.77. The van der Waals surface area contributed by atoms with Crippen LogP contribution in [-0.4, -0.2) is 12.6 Å². The minimum Gasteiger partial charge on any atom is -0.497 e. The lowest BCUT2D eigenvalue weighted by atomic mass is 9.85. The number of hydrogen-bond donors (Lipinski definition) is 1. The van der Waals surface area contributed by atoms with Crippen LogP contribution in [0.25, 0.3) is 28.5 Å². The summed E-state index contributed by atoms with van der Waals surface area (Å²) in [6.07, 6.45) is 19.3. The number of ether oxygens (including phenoxy) is 1. The fourth-order valence-electron chi connectivity index (χ4n) is 4.54. The van der Waals surface area contributed by atoms with Gasteiger partial charge in [0.1, 0.15) is 6.61 Å². The Bertz CT molecular complexity index is 1090. The molecule has 1 aliphatic heterocycles. The third kappa shape index (κ3) is 4.38. The van der Waals surface area contributed by atoms with Crippen molar-refractivity contribution in [1.29, 1.82) is 0 Å². The van der Waals surface area contributed by atoms with Crippen LogP contribution in [0.15, 0.2) is 54.8 Å². The highest BCUT2D eigenvalue weighted by Gasteiger charge is 2.15. The summed E-state index contributed by atoms with van der Waals surface area (Å²) >= 11 is 0. The van der Waals surface area contributed by atoms with Gasteiger partial charge in [0.2, 0.25) is 0 Å². The van der Waals surface area contributed by atoms with E-state index < -0.39 is 0 Å². The quantitative estimate of drug-likeness (QED) is 0.820. The second-order valence-electron chi connectivity index (χ2n) is 8.35. The van der Waals surface area contributed by atoms with Crippen LogP contribution >= 0.6 is 0 Å². The maximum absolute atomic E-state index is 6.07. The molecule has 2 aromatic rings. The maximum atomic E-state index is 6.07. The van der Waals surface area contributed by atoms with E-state index in [9.17, 15) is 0 Å². The van der Waals surface area contributed by atoms with Crippen molar-refractivity contribution in [3.63, 3.8) is 0 Å². The van der Waals surface area contributed by atoms with Gasteiger partial charge in [-0.05, 0) is 88.6 Å². The van der Waals surface area contributed by atoms with Gasteiger partial charge < -0.3 is 10.5 Å². The van der Waals surface area contributed by atoms with Crippen molar-refractivity contribution in [1.82, 2.24) is 0 Å². The second-order valence-corrected chi connectivity index (χ2v) is 8.35. The van der Waals surface area contributed by atoms with Crippen molar-refractivity contribution < 1.29 is 4.74 Å². The average Bonchev–Trinajstić information content (AvgIpc) is 2.74. The smallest absolute Gasteiger partial charge is 0.106 e. The van der Waals surface area contributed by atoms with Crippen molar-refractivity contribution in [2.45, 2.75) is 45.6 Å². The van der Waals surface area contributed by atoms with Crippen molar-refractivity contribution in [2.24, 2.45) is 11.7 Å². The number of allylic oxidation sites excluding steroid dienone is 3. The molecular formula is C27H31NO. The topological polar surface area (TPSA) is 35.2 Å². The van der Waals surface area contributed by atoms with E-state index in [-0.39, 0.29) is 6.04 Å². The Balaban J connectivity index is 0.000000294. The van der Waals surface area contributed by atoms with E-state index in [0.717, 1.165) is 13.0 Å². The molecule has 150 valence electrons. The molecule has 0 radical (unpaired) electrons. The minimum absolute atomic E-state index is 0.201. The molecule has 0 saturated heterocycles. The van der Waals surface area contributed by atoms with Gasteiger partial charge in [-0.2, -0.15) is 0 Å². The maximum Gasteiger partial charge on any atom is 0.106 e. The van der Waals surface area contributed by atoms with Crippen LogP contribution in [0.5, 0.6) is 0 Å². The lowest BCUT2D eigenvalue weighted by Gasteiger charge is -2.20. The van der Waals surface area contributed by atoms with Gasteiger partial charge in [-0.15, -0.1) is 0 Å². The van der Waals surface area contributed by atoms with Crippen LogP contribution in [0.3, 0.4) is 0 Å². The SMILES string of the molecule is C1=CCOC=C1.CC1C=C(CC(C)N)c2ccc3c4c(ccc3c2=C1)CCCC=4. The molecule has 29 heavy (non-hydrogen) atoms. The lowest BCUT2D eigenvalue weighted by Crippen LogP contribution is -2.23. The molecule has 2 unspecified atom stereocenters. The van der Waals surface area contributed by atoms with Crippen LogP contribution in [0.4, 0.5) is 0 Å². The summed E-state index contributed by atoms with van der Waals surface area (Å²) in [7, 11) is 0. The second kappa shape index (κ2) is 8.84. The zero-order chi connectivity index (χ0) is 20.2. The number of benzene rings is 2. The molecule has 2 heteroatoms. The molecule has 0 fully saturated rings. The fourth-order valence-corrected chi connectivity index (χ4v) is 4.54. The van der Waals surface area contributed by atoms with Gasteiger partial charge in [-0.3, -0.25) is 0 Å². The van der Waals surface area contributed by atoms with E-state index in [1.165, 1.54) is 57.2 Å². The monoisotopic (exact) mass is 385 g/mol. The first kappa shape index (κ1) is 19.7. The normalized spacial score (nSPS) is 20.1. The summed E-state index contributed by atoms with van der Waals surface area (Å²) in [6, 6.07) is 9.52. The van der Waals surface area contributed by atoms with Gasteiger partial charge in [-0.1, -0.05) is 55.5 Å². The summed E-state index contributed by atoms with van der Waals surface area (Å²) in [6.45, 7) is 5.10. The Morgan fingerprint density at radius 1 is 1.07 bits per heavy atom. The van der Waals surface area contributed by atoms with E-state index in [4.69, 9.17) is 10.5 Å². The Morgan fingerprint density at radius 2 is 1.90 bits per heavy atom. The molecule has 5 rings (SSSR count). The summed E-state index contributed by atoms with van der Waals surface area (Å²) in [5, 5.41) is 5.71. The molecule has 2 aliphatic carbocycles. The van der Waals surface area contributed by atoms with Crippen molar-refractivity contribution in [3.8, 4) is 0 Å². The van der Waals surface area contributed by atoms with Crippen molar-refractivity contribution >= 4 is 28.5 Å². The van der Waals surface area contributed by atoms with Crippen LogP contribution in [0.1, 0.15) is 44.2 Å². The molecule has 2 nitrogen and oxygen atoms in total. The molecule has 0 bridgehead atoms. The standard InChI is InChI=1S/C22H25N.C5H6O/c1-14-11-17(13-15(2)23)19-9-10-20-18-6-4-3-5-16(18)7-8-21(20)22(19)12-14;1-2-4-6-5-3-1/h6-12,14-15H,3-5,13,23H2,1-2H3;1-4H,5H2. The summed E-state index contributed by atoms with van der Waals surface area (Å²) in [4.78, 5) is 0. The Hall–Kier alpha value is -2.58. The van der Waals surface area contributed by atoms with Crippen LogP contribution < -0.4 is 16.2 Å². The molecular weight excluding hydrogens is 354 g/mol. The van der Waals surface area contributed by atoms with Gasteiger partial charge in [0.15, 0.2) is 0 Å². The summed E-state index contributed by atoms with van der Waals surface area (Å²) in [5.74, 6) is 0.474. The Kier molecular flexibility index (Phi) is 6.01. The van der Waals surface area contributed by atoms with Crippen molar-refractivity contribution in [3.05, 3.63) is 76.4 Å². The van der Waals surface area contributed by atoms with E-state index in [1.807, 2.05) is 18.2 Å². The van der Waals surface area contributed by atoms with Gasteiger partial charge in [0.25, 0.3) is 0 Å². The van der Waals surface area contributed by atoms with Gasteiger partial charge >= 0.3 is 0 Å². The molecule has 3 aliphatic rings. The average molecular weight is 386 g/mol. The predicted molar refractivity (Wildman–Crippen MR) is 125 cm³/mol. The largest absolute Gasteiger partial charge is 0.497 e. The summed E-state index contributed by atoms with van der Waals surface area (Å²) in [5.41, 5.74) is 10.4. The first-order valence-corrected chi connectivity index (χ1v) is 10.8. The van der Waals surface area contributed by atoms with E-state index >= 15 is 0 Å². The molecule has 2 aromatic carbocycles. The first-order valence-electron chi connectivity index (χ1n) is 10.8. The van der Waals surface area contributed by atoms with Crippen LogP contribution in [0, 0.1) is 5.92 Å². The number of rotatable bonds is 2. The Labute approximate surface area is 173 Å². The molecule has 2 atom stereocenters. The highest BCUT2D eigenvalue weighted by Crippen LogP contribution is 2.26. The van der Waals surface area contributed by atoms with E-state index in [1.54, 1.807) is 6.26 Å². The summed E-state index contributed by atoms with van der Waals surface area (Å²) < 4.78 is 4.80. The molecule has 0 aromatic heterocycles. The molecule has 0 spiro atoms. The molecule has 0 amide bonds. The zero-order valence-electron chi connectivity index (χ0n) is 17.5. The number of hydrogen-bond acceptors (Lipinski definition) is 2. The van der Waals surface area contributed by atoms with Gasteiger partial charge in [0.05, 0.1) is 6.26 Å². The van der Waals surface area contributed by atoms with Crippen molar-refractivity contribution in [2.75, 3.05) is 6.61 Å². The minimum atomic E-state index is 0.201. The number of nitrogens with two attached hydrogens (primary N) is 1. The van der Waals surface area contributed by atoms with Crippen LogP contribution in [-0.2, 0) is 11.2 Å². The van der Waals surface area contributed by atoms with Gasteiger partial charge in [-0.25, -0.2) is 0 Å². The zero-order valence-corrected chi connectivity index (χ0v) is 17.5. The first-order chi connectivity index (χ1) is 14.1. The van der Waals surface area contributed by atoms with Gasteiger partial charge in [0, 0.05) is 6.04 Å². The highest BCUT2D eigenvalue weighted by molar-refractivity contribution is 5.90. The van der Waals surface area contributed by atoms with Crippen LogP contribution in [0.2, 0.25) is 0 Å². The fraction of sp³-hybridized carbons (Fsp3) is 0.333. The number of aryl methyl sites for hydroxylation is 1. The predicted octanol–water partition coefficient (Wildman–Crippen LogP) is 4.59. The molecule has 0 saturated carbocycles. The highest BCUT2D eigenvalue weighted by atomic mass is 16.5. The van der Waals surface area contributed by atoms with E-state index in [2.05, 4.69) is 56.3 Å². The molecule has 2 N–H and O–H groups in total. The van der Waals surface area contributed by atoms with E-state index in [0.29, 0.717) is 5.92 Å². The number of fused-ring (bicyclic) bond motifs is 5. The molecule has 1 heterocycles. The third-order valence-electron chi connectivity index (χ3n) is 5.77.